The van der Waals surface area contributed by atoms with Crippen molar-refractivity contribution in [3.63, 3.8) is 0 Å². The van der Waals surface area contributed by atoms with Gasteiger partial charge in [0.2, 0.25) is 11.8 Å². The lowest BCUT2D eigenvalue weighted by molar-refractivity contribution is -0.139. The molecule has 1 aliphatic rings. The summed E-state index contributed by atoms with van der Waals surface area (Å²) in [5, 5.41) is 6.47. The second kappa shape index (κ2) is 13.3. The summed E-state index contributed by atoms with van der Waals surface area (Å²) in [5.41, 5.74) is 0.455. The fourth-order valence-corrected chi connectivity index (χ4v) is 4.46. The molecule has 8 nitrogen and oxygen atoms in total. The number of hydrogen-bond donors (Lipinski definition) is 2. The van der Waals surface area contributed by atoms with E-state index in [-0.39, 0.29) is 23.3 Å². The molecule has 208 valence electrons. The van der Waals surface area contributed by atoms with Crippen LogP contribution < -0.4 is 10.6 Å². The predicted molar refractivity (Wildman–Crippen MR) is 147 cm³/mol. The van der Waals surface area contributed by atoms with Gasteiger partial charge in [0.1, 0.15) is 17.7 Å². The lowest BCUT2D eigenvalue weighted by atomic mass is 9.87. The first kappa shape index (κ1) is 30.6. The van der Waals surface area contributed by atoms with E-state index in [2.05, 4.69) is 43.5 Å². The van der Waals surface area contributed by atoms with Crippen LogP contribution in [0, 0.1) is 5.41 Å². The van der Waals surface area contributed by atoms with E-state index in [1.165, 1.54) is 17.5 Å². The molecule has 1 saturated heterocycles. The number of likely N-dealkylation sites (N-methyl/N-ethyl adjacent to an activating group) is 1. The molecule has 0 bridgehead atoms. The zero-order valence-corrected chi connectivity index (χ0v) is 24.1. The molecule has 37 heavy (non-hydrogen) atoms. The van der Waals surface area contributed by atoms with Crippen molar-refractivity contribution in [2.24, 2.45) is 5.41 Å². The monoisotopic (exact) mass is 516 g/mol. The summed E-state index contributed by atoms with van der Waals surface area (Å²) in [6.45, 7) is 15.4. The first-order valence-corrected chi connectivity index (χ1v) is 13.5. The molecule has 3 atom stereocenters. The van der Waals surface area contributed by atoms with Crippen molar-refractivity contribution in [2.45, 2.75) is 97.9 Å². The summed E-state index contributed by atoms with van der Waals surface area (Å²) in [7, 11) is 1.54. The Bertz CT molecular complexity index is 891. The van der Waals surface area contributed by atoms with Crippen molar-refractivity contribution in [2.75, 3.05) is 26.7 Å². The Morgan fingerprint density at radius 2 is 1.76 bits per heavy atom. The Labute approximate surface area is 223 Å². The maximum Gasteiger partial charge on any atom is 0.410 e. The molecule has 2 N–H and O–H groups in total. The molecule has 8 heteroatoms. The lowest BCUT2D eigenvalue weighted by Crippen LogP contribution is -2.56. The fraction of sp³-hybridized carbons (Fsp3) is 0.690. The molecule has 0 saturated carbocycles. The van der Waals surface area contributed by atoms with Crippen molar-refractivity contribution in [3.05, 3.63) is 35.9 Å². The molecule has 1 fully saturated rings. The molecular weight excluding hydrogens is 468 g/mol. The van der Waals surface area contributed by atoms with Gasteiger partial charge < -0.3 is 20.3 Å². The van der Waals surface area contributed by atoms with Gasteiger partial charge in [-0.1, -0.05) is 51.1 Å². The quantitative estimate of drug-likeness (QED) is 0.459. The van der Waals surface area contributed by atoms with Crippen molar-refractivity contribution < 1.29 is 19.1 Å². The van der Waals surface area contributed by atoms with Crippen molar-refractivity contribution in [1.82, 2.24) is 20.4 Å². The molecule has 1 aromatic carbocycles. The molecule has 0 aromatic heterocycles. The Balaban J connectivity index is 2.01. The molecule has 1 aliphatic heterocycles. The summed E-state index contributed by atoms with van der Waals surface area (Å²) in [6, 6.07) is 9.01. The Morgan fingerprint density at radius 1 is 1.11 bits per heavy atom. The Hall–Kier alpha value is -2.61. The normalized spacial score (nSPS) is 17.7. The third kappa shape index (κ3) is 10.3. The average molecular weight is 517 g/mol. The van der Waals surface area contributed by atoms with Gasteiger partial charge in [-0.25, -0.2) is 4.79 Å². The van der Waals surface area contributed by atoms with E-state index >= 15 is 0 Å². The van der Waals surface area contributed by atoms with E-state index in [4.69, 9.17) is 4.74 Å². The lowest BCUT2D eigenvalue weighted by Gasteiger charge is -2.34. The smallest absolute Gasteiger partial charge is 0.410 e. The molecule has 3 amide bonds. The SMILES string of the molecule is C[C@@H](C(=O)NC(CC(C)(C)C)C(=O)N1CCC[C@H]1CNCCc1ccccc1)N(C)C(=O)OC(C)(C)C. The number of likely N-dealkylation sites (tertiary alicyclic amines) is 1. The summed E-state index contributed by atoms with van der Waals surface area (Å²) < 4.78 is 5.40. The fourth-order valence-electron chi connectivity index (χ4n) is 4.46. The number of nitrogens with zero attached hydrogens (tertiary/aromatic N) is 2. The third-order valence-electron chi connectivity index (χ3n) is 6.55. The summed E-state index contributed by atoms with van der Waals surface area (Å²) >= 11 is 0. The first-order valence-electron chi connectivity index (χ1n) is 13.5. The zero-order valence-electron chi connectivity index (χ0n) is 24.1. The summed E-state index contributed by atoms with van der Waals surface area (Å²) in [5.74, 6) is -0.421. The van der Waals surface area contributed by atoms with E-state index < -0.39 is 23.8 Å². The van der Waals surface area contributed by atoms with Crippen LogP contribution in [-0.4, -0.2) is 78.1 Å². The standard InChI is InChI=1S/C29H48N4O4/c1-21(32(8)27(36)37-29(5,6)7)25(34)31-24(19-28(2,3)4)26(35)33-18-12-15-23(33)20-30-17-16-22-13-10-9-11-14-22/h9-11,13-14,21,23-24,30H,12,15-20H2,1-8H3,(H,31,34)/t21-,23-,24?/m0/s1. The highest BCUT2D eigenvalue weighted by molar-refractivity contribution is 5.91. The highest BCUT2D eigenvalue weighted by Crippen LogP contribution is 2.25. The van der Waals surface area contributed by atoms with Crippen LogP contribution in [0.15, 0.2) is 30.3 Å². The summed E-state index contributed by atoms with van der Waals surface area (Å²) in [6.07, 6.45) is 2.76. The van der Waals surface area contributed by atoms with E-state index in [0.29, 0.717) is 13.0 Å². The number of hydrogen-bond acceptors (Lipinski definition) is 5. The molecule has 1 unspecified atom stereocenters. The number of amides is 3. The number of carbonyl (C=O) groups excluding carboxylic acids is 3. The van der Waals surface area contributed by atoms with Crippen LogP contribution >= 0.6 is 0 Å². The first-order chi connectivity index (χ1) is 17.2. The van der Waals surface area contributed by atoms with Crippen LogP contribution in [0.1, 0.15) is 73.3 Å². The largest absolute Gasteiger partial charge is 0.444 e. The minimum atomic E-state index is -0.779. The van der Waals surface area contributed by atoms with Gasteiger partial charge in [-0.05, 0) is 70.9 Å². The minimum Gasteiger partial charge on any atom is -0.444 e. The van der Waals surface area contributed by atoms with Crippen LogP contribution in [-0.2, 0) is 20.7 Å². The highest BCUT2D eigenvalue weighted by atomic mass is 16.6. The van der Waals surface area contributed by atoms with E-state index in [1.807, 2.05) is 23.1 Å². The molecule has 0 aliphatic carbocycles. The molecule has 1 aromatic rings. The number of rotatable bonds is 10. The number of nitrogens with one attached hydrogen (secondary N) is 2. The van der Waals surface area contributed by atoms with Crippen LogP contribution in [0.5, 0.6) is 0 Å². The predicted octanol–water partition coefficient (Wildman–Crippen LogP) is 3.99. The highest BCUT2D eigenvalue weighted by Gasteiger charge is 2.37. The van der Waals surface area contributed by atoms with E-state index in [0.717, 1.165) is 32.4 Å². The zero-order chi connectivity index (χ0) is 27.8. The van der Waals surface area contributed by atoms with Gasteiger partial charge in [0.15, 0.2) is 0 Å². The molecule has 2 rings (SSSR count). The Morgan fingerprint density at radius 3 is 2.35 bits per heavy atom. The van der Waals surface area contributed by atoms with Crippen LogP contribution in [0.4, 0.5) is 4.79 Å². The third-order valence-corrected chi connectivity index (χ3v) is 6.55. The number of ether oxygens (including phenoxy) is 1. The second-order valence-electron chi connectivity index (χ2n) is 12.4. The number of carbonyl (C=O) groups is 3. The summed E-state index contributed by atoms with van der Waals surface area (Å²) in [4.78, 5) is 42.5. The maximum absolute atomic E-state index is 13.7. The van der Waals surface area contributed by atoms with Crippen molar-refractivity contribution in [3.8, 4) is 0 Å². The second-order valence-corrected chi connectivity index (χ2v) is 12.4. The maximum atomic E-state index is 13.7. The van der Waals surface area contributed by atoms with Crippen LogP contribution in [0.3, 0.4) is 0 Å². The molecule has 0 radical (unpaired) electrons. The van der Waals surface area contributed by atoms with Crippen molar-refractivity contribution in [1.29, 1.82) is 0 Å². The van der Waals surface area contributed by atoms with E-state index in [9.17, 15) is 14.4 Å². The van der Waals surface area contributed by atoms with Gasteiger partial charge in [-0.2, -0.15) is 0 Å². The van der Waals surface area contributed by atoms with Gasteiger partial charge in [0.05, 0.1) is 0 Å². The number of benzene rings is 1. The van der Waals surface area contributed by atoms with Gasteiger partial charge in [0.25, 0.3) is 0 Å². The average Bonchev–Trinajstić information content (AvgIpc) is 3.27. The van der Waals surface area contributed by atoms with Gasteiger partial charge >= 0.3 is 6.09 Å². The topological polar surface area (TPSA) is 91.0 Å². The molecular formula is C29H48N4O4. The Kier molecular flexibility index (Phi) is 11.0. The van der Waals surface area contributed by atoms with Crippen molar-refractivity contribution >= 4 is 17.9 Å². The van der Waals surface area contributed by atoms with E-state index in [1.54, 1.807) is 27.7 Å². The van der Waals surface area contributed by atoms with Gasteiger partial charge in [0, 0.05) is 26.2 Å². The van der Waals surface area contributed by atoms with Crippen LogP contribution in [0.2, 0.25) is 0 Å². The van der Waals surface area contributed by atoms with Gasteiger partial charge in [-0.15, -0.1) is 0 Å². The molecule has 1 heterocycles. The van der Waals surface area contributed by atoms with Crippen LogP contribution in [0.25, 0.3) is 0 Å². The minimum absolute atomic E-state index is 0.0530. The molecule has 0 spiro atoms. The van der Waals surface area contributed by atoms with Gasteiger partial charge in [-0.3, -0.25) is 14.5 Å².